The van der Waals surface area contributed by atoms with Crippen molar-refractivity contribution in [1.82, 2.24) is 31.9 Å². The number of carbonyl (C=O) groups is 3. The SMILES string of the molecule is CNCCCNC(=O)NCCOCCOCCOCCNC(=O)CCCC[C@@H]1SC[C@@H]2NC(=O)N[C@@H]21. The summed E-state index contributed by atoms with van der Waals surface area (Å²) in [4.78, 5) is 34.9. The number of urea groups is 2. The van der Waals surface area contributed by atoms with E-state index in [-0.39, 0.29) is 30.1 Å². The van der Waals surface area contributed by atoms with Crippen LogP contribution in [0.1, 0.15) is 32.1 Å². The molecule has 0 aromatic rings. The number of thioether (sulfide) groups is 1. The van der Waals surface area contributed by atoms with Crippen molar-refractivity contribution in [3.8, 4) is 0 Å². The lowest BCUT2D eigenvalue weighted by Gasteiger charge is -2.16. The highest BCUT2D eigenvalue weighted by atomic mass is 32.2. The summed E-state index contributed by atoms with van der Waals surface area (Å²) >= 11 is 1.90. The lowest BCUT2D eigenvalue weighted by molar-refractivity contribution is -0.121. The molecule has 2 saturated heterocycles. The second-order valence-corrected chi connectivity index (χ2v) is 9.97. The third kappa shape index (κ3) is 13.5. The summed E-state index contributed by atoms with van der Waals surface area (Å²) in [6, 6.07) is 0.234. The van der Waals surface area contributed by atoms with E-state index in [4.69, 9.17) is 14.2 Å². The molecule has 0 unspecified atom stereocenters. The van der Waals surface area contributed by atoms with E-state index in [1.54, 1.807) is 0 Å². The first kappa shape index (κ1) is 30.4. The van der Waals surface area contributed by atoms with Crippen molar-refractivity contribution in [3.63, 3.8) is 0 Å². The summed E-state index contributed by atoms with van der Waals surface area (Å²) in [6.07, 6.45) is 4.24. The minimum Gasteiger partial charge on any atom is -0.377 e. The van der Waals surface area contributed by atoms with E-state index in [0.29, 0.717) is 70.9 Å². The Kier molecular flexibility index (Phi) is 16.3. The number of fused-ring (bicyclic) bond motifs is 1. The Hall–Kier alpha value is -1.80. The maximum Gasteiger partial charge on any atom is 0.315 e. The van der Waals surface area contributed by atoms with Gasteiger partial charge in [0.25, 0.3) is 0 Å². The van der Waals surface area contributed by atoms with Crippen LogP contribution in [0.5, 0.6) is 0 Å². The summed E-state index contributed by atoms with van der Waals surface area (Å²) in [7, 11) is 1.88. The van der Waals surface area contributed by atoms with E-state index in [2.05, 4.69) is 31.9 Å². The molecule has 0 aliphatic carbocycles. The van der Waals surface area contributed by atoms with Crippen LogP contribution in [0.25, 0.3) is 0 Å². The fourth-order valence-corrected chi connectivity index (χ4v) is 5.48. The Bertz CT molecular complexity index is 646. The van der Waals surface area contributed by atoms with E-state index in [0.717, 1.165) is 38.0 Å². The molecule has 0 saturated carbocycles. The highest BCUT2D eigenvalue weighted by molar-refractivity contribution is 8.00. The van der Waals surface area contributed by atoms with Gasteiger partial charge in [-0.25, -0.2) is 9.59 Å². The molecule has 2 heterocycles. The van der Waals surface area contributed by atoms with Crippen LogP contribution in [0.2, 0.25) is 0 Å². The van der Waals surface area contributed by atoms with E-state index in [1.165, 1.54) is 0 Å². The van der Waals surface area contributed by atoms with Gasteiger partial charge in [0.05, 0.1) is 51.7 Å². The molecule has 0 radical (unpaired) electrons. The number of unbranched alkanes of at least 4 members (excludes halogenated alkanes) is 1. The first-order valence-electron chi connectivity index (χ1n) is 12.9. The monoisotopic (exact) mass is 532 g/mol. The van der Waals surface area contributed by atoms with Gasteiger partial charge in [-0.2, -0.15) is 11.8 Å². The molecule has 2 rings (SSSR count). The van der Waals surface area contributed by atoms with Gasteiger partial charge in [-0.3, -0.25) is 4.79 Å². The maximum atomic E-state index is 11.9. The highest BCUT2D eigenvalue weighted by Crippen LogP contribution is 2.33. The minimum atomic E-state index is -0.185. The van der Waals surface area contributed by atoms with Gasteiger partial charge in [0.2, 0.25) is 5.91 Å². The van der Waals surface area contributed by atoms with Crippen LogP contribution in [-0.2, 0) is 19.0 Å². The first-order valence-corrected chi connectivity index (χ1v) is 14.0. The zero-order valence-corrected chi connectivity index (χ0v) is 22.2. The van der Waals surface area contributed by atoms with Crippen molar-refractivity contribution in [2.24, 2.45) is 0 Å². The molecule has 0 spiro atoms. The van der Waals surface area contributed by atoms with E-state index < -0.39 is 0 Å². The largest absolute Gasteiger partial charge is 0.377 e. The van der Waals surface area contributed by atoms with Crippen LogP contribution in [0.3, 0.4) is 0 Å². The van der Waals surface area contributed by atoms with Crippen LogP contribution in [0.4, 0.5) is 9.59 Å². The van der Waals surface area contributed by atoms with Gasteiger partial charge >= 0.3 is 12.1 Å². The Balaban J connectivity index is 1.27. The van der Waals surface area contributed by atoms with Crippen molar-refractivity contribution < 1.29 is 28.6 Å². The molecule has 3 atom stereocenters. The predicted molar refractivity (Wildman–Crippen MR) is 139 cm³/mol. The quantitative estimate of drug-likeness (QED) is 0.0878. The molecule has 36 heavy (non-hydrogen) atoms. The summed E-state index contributed by atoms with van der Waals surface area (Å²) < 4.78 is 16.3. The van der Waals surface area contributed by atoms with Gasteiger partial charge in [0, 0.05) is 37.1 Å². The first-order chi connectivity index (χ1) is 17.6. The highest BCUT2D eigenvalue weighted by Gasteiger charge is 2.42. The molecule has 0 aromatic heterocycles. The average molecular weight is 533 g/mol. The molecular formula is C23H44N6O6S. The summed E-state index contributed by atoms with van der Waals surface area (Å²) in [6.45, 7) is 5.14. The predicted octanol–water partition coefficient (Wildman–Crippen LogP) is -0.213. The molecule has 2 aliphatic heterocycles. The van der Waals surface area contributed by atoms with Gasteiger partial charge in [-0.05, 0) is 32.9 Å². The number of ether oxygens (including phenoxy) is 3. The second kappa shape index (κ2) is 19.3. The van der Waals surface area contributed by atoms with Crippen LogP contribution in [0.15, 0.2) is 0 Å². The second-order valence-electron chi connectivity index (χ2n) is 8.69. The zero-order valence-electron chi connectivity index (χ0n) is 21.4. The maximum absolute atomic E-state index is 11.9. The number of nitrogens with one attached hydrogen (secondary N) is 6. The van der Waals surface area contributed by atoms with Crippen molar-refractivity contribution in [2.45, 2.75) is 49.4 Å². The van der Waals surface area contributed by atoms with Crippen molar-refractivity contribution >= 4 is 29.7 Å². The van der Waals surface area contributed by atoms with E-state index >= 15 is 0 Å². The van der Waals surface area contributed by atoms with Gasteiger partial charge in [-0.1, -0.05) is 6.42 Å². The van der Waals surface area contributed by atoms with Crippen molar-refractivity contribution in [2.75, 3.05) is 78.6 Å². The van der Waals surface area contributed by atoms with Gasteiger partial charge < -0.3 is 46.1 Å². The molecule has 6 N–H and O–H groups in total. The van der Waals surface area contributed by atoms with Crippen LogP contribution < -0.4 is 31.9 Å². The van der Waals surface area contributed by atoms with Crippen molar-refractivity contribution in [1.29, 1.82) is 0 Å². The Morgan fingerprint density at radius 1 is 0.861 bits per heavy atom. The minimum absolute atomic E-state index is 0.0422. The molecular weight excluding hydrogens is 488 g/mol. The van der Waals surface area contributed by atoms with Crippen LogP contribution in [0, 0.1) is 0 Å². The number of hydrogen-bond donors (Lipinski definition) is 6. The smallest absolute Gasteiger partial charge is 0.315 e. The lowest BCUT2D eigenvalue weighted by Crippen LogP contribution is -2.38. The lowest BCUT2D eigenvalue weighted by atomic mass is 10.0. The average Bonchev–Trinajstić information content (AvgIpc) is 3.41. The van der Waals surface area contributed by atoms with Crippen molar-refractivity contribution in [3.05, 3.63) is 0 Å². The Morgan fingerprint density at radius 2 is 1.53 bits per heavy atom. The molecule has 0 aromatic carbocycles. The number of hydrogen-bond acceptors (Lipinski definition) is 8. The Labute approximate surface area is 218 Å². The van der Waals surface area contributed by atoms with Crippen LogP contribution in [-0.4, -0.2) is 114 Å². The standard InChI is InChI=1S/C23H44N6O6S/c1-24-7-4-8-26-22(31)27-10-12-34-14-16-35-15-13-33-11-9-25-20(30)6-3-2-5-19-21-18(17-36-19)28-23(32)29-21/h18-19,21,24H,2-17H2,1H3,(H,25,30)(H2,26,27,31)(H2,28,29,32)/t18-,19-,21-/m0/s1. The van der Waals surface area contributed by atoms with Gasteiger partial charge in [0.1, 0.15) is 0 Å². The molecule has 12 nitrogen and oxygen atoms in total. The van der Waals surface area contributed by atoms with Crippen LogP contribution >= 0.6 is 11.8 Å². The zero-order chi connectivity index (χ0) is 25.8. The summed E-state index contributed by atoms with van der Waals surface area (Å²) in [5.41, 5.74) is 0. The third-order valence-electron chi connectivity index (χ3n) is 5.81. The normalized spacial score (nSPS) is 20.5. The number of carbonyl (C=O) groups excluding carboxylic acids is 3. The molecule has 2 fully saturated rings. The van der Waals surface area contributed by atoms with E-state index in [1.807, 2.05) is 18.8 Å². The molecule has 5 amide bonds. The topological polar surface area (TPSA) is 151 Å². The van der Waals surface area contributed by atoms with Gasteiger partial charge in [-0.15, -0.1) is 0 Å². The molecule has 13 heteroatoms. The number of amides is 5. The fourth-order valence-electron chi connectivity index (χ4n) is 3.93. The van der Waals surface area contributed by atoms with E-state index in [9.17, 15) is 14.4 Å². The Morgan fingerprint density at radius 3 is 2.25 bits per heavy atom. The number of rotatable bonds is 21. The summed E-state index contributed by atoms with van der Waals surface area (Å²) in [5.74, 6) is 1.00. The third-order valence-corrected chi connectivity index (χ3v) is 7.32. The molecule has 208 valence electrons. The molecule has 2 aliphatic rings. The van der Waals surface area contributed by atoms with Gasteiger partial charge in [0.15, 0.2) is 0 Å². The molecule has 0 bridgehead atoms. The summed E-state index contributed by atoms with van der Waals surface area (Å²) in [5, 5.41) is 17.8. The fraction of sp³-hybridized carbons (Fsp3) is 0.870.